The van der Waals surface area contributed by atoms with E-state index in [-0.39, 0.29) is 18.9 Å². The molecule has 4 heterocycles. The minimum atomic E-state index is -0.496. The summed E-state index contributed by atoms with van der Waals surface area (Å²) < 4.78 is 2.53. The molecule has 2 aromatic heterocycles. The van der Waals surface area contributed by atoms with Gasteiger partial charge in [-0.1, -0.05) is 5.92 Å². The summed E-state index contributed by atoms with van der Waals surface area (Å²) in [7, 11) is 1.61. The Morgan fingerprint density at radius 2 is 2.21 bits per heavy atom. The number of nitriles is 1. The van der Waals surface area contributed by atoms with Crippen LogP contribution in [0.15, 0.2) is 27.9 Å². The van der Waals surface area contributed by atoms with Gasteiger partial charge in [0.05, 0.1) is 30.5 Å². The number of nitrogens with two attached hydrogens (primary N) is 1. The number of aromatic nitrogens is 3. The maximum absolute atomic E-state index is 13.6. The first-order chi connectivity index (χ1) is 16.0. The van der Waals surface area contributed by atoms with Crippen LogP contribution in [0.1, 0.15) is 31.0 Å². The van der Waals surface area contributed by atoms with Crippen LogP contribution in [0.25, 0.3) is 0 Å². The molecule has 0 radical (unpaired) electrons. The molecule has 4 rings (SSSR count). The van der Waals surface area contributed by atoms with Crippen LogP contribution in [-0.2, 0) is 18.4 Å². The number of nitrogens with one attached hydrogen (secondary N) is 1. The zero-order valence-electron chi connectivity index (χ0n) is 18.6. The molecule has 33 heavy (non-hydrogen) atoms. The summed E-state index contributed by atoms with van der Waals surface area (Å²) in [4.78, 5) is 40.0. The molecule has 2 atom stereocenters. The van der Waals surface area contributed by atoms with Crippen molar-refractivity contribution in [1.82, 2.24) is 19.0 Å². The van der Waals surface area contributed by atoms with Gasteiger partial charge in [-0.3, -0.25) is 28.7 Å². The van der Waals surface area contributed by atoms with E-state index in [0.717, 1.165) is 24.0 Å². The highest BCUT2D eigenvalue weighted by atomic mass is 16.6. The Morgan fingerprint density at radius 1 is 1.39 bits per heavy atom. The molecule has 0 amide bonds. The Morgan fingerprint density at radius 3 is 2.94 bits per heavy atom. The summed E-state index contributed by atoms with van der Waals surface area (Å²) in [6, 6.07) is 5.31. The lowest BCUT2D eigenvalue weighted by atomic mass is 10.1. The monoisotopic (exact) mass is 450 g/mol. The number of nitrogens with zero attached hydrogens (tertiary/aromatic N) is 6. The van der Waals surface area contributed by atoms with Crippen molar-refractivity contribution >= 4 is 11.5 Å². The minimum absolute atomic E-state index is 0.104. The highest BCUT2D eigenvalue weighted by Crippen LogP contribution is 2.32. The Hall–Kier alpha value is -3.64. The van der Waals surface area contributed by atoms with Crippen LogP contribution < -0.4 is 27.4 Å². The standard InChI is InChI=1S/C22H26N8O3/c1-3-4-11-29-18-19(26-21(29)28-10-6-8-16(13-28)33-24)27(2)22(32)30(20(18)31)14-17-15(12-23)7-5-9-25-17/h5,7,9,16,21,26H,6,8,10-11,13-14,24H2,1-2H3. The Bertz CT molecular complexity index is 1270. The fourth-order valence-corrected chi connectivity index (χ4v) is 4.37. The molecular formula is C22H26N8O3. The molecular weight excluding hydrogens is 424 g/mol. The average molecular weight is 451 g/mol. The van der Waals surface area contributed by atoms with Crippen molar-refractivity contribution in [2.45, 2.75) is 38.7 Å². The second-order valence-electron chi connectivity index (χ2n) is 8.01. The van der Waals surface area contributed by atoms with E-state index in [0.29, 0.717) is 35.9 Å². The summed E-state index contributed by atoms with van der Waals surface area (Å²) in [5, 5.41) is 12.7. The molecule has 3 N–H and O–H groups in total. The second-order valence-corrected chi connectivity index (χ2v) is 8.01. The zero-order chi connectivity index (χ0) is 23.5. The molecule has 1 fully saturated rings. The normalized spacial score (nSPS) is 19.9. The number of hydrogen-bond donors (Lipinski definition) is 2. The molecule has 11 nitrogen and oxygen atoms in total. The minimum Gasteiger partial charge on any atom is -0.337 e. The molecule has 0 aliphatic carbocycles. The maximum Gasteiger partial charge on any atom is 0.332 e. The van der Waals surface area contributed by atoms with Crippen molar-refractivity contribution in [1.29, 1.82) is 5.26 Å². The first kappa shape index (κ1) is 22.6. The molecule has 2 aliphatic heterocycles. The zero-order valence-corrected chi connectivity index (χ0v) is 18.6. The summed E-state index contributed by atoms with van der Waals surface area (Å²) in [5.41, 5.74) is 0.0809. The fraction of sp³-hybridized carbons (Fsp3) is 0.455. The SMILES string of the molecule is CC#CCN1c2c(n(C)c(=O)n(Cc3ncccc3C#N)c2=O)NC1N1CCCC(ON)C1. The van der Waals surface area contributed by atoms with Gasteiger partial charge in [-0.25, -0.2) is 10.7 Å². The van der Waals surface area contributed by atoms with Crippen LogP contribution in [0, 0.1) is 23.2 Å². The third-order valence-corrected chi connectivity index (χ3v) is 6.07. The van der Waals surface area contributed by atoms with E-state index in [1.807, 2.05) is 4.90 Å². The van der Waals surface area contributed by atoms with E-state index in [4.69, 9.17) is 10.7 Å². The molecule has 2 aromatic rings. The molecule has 0 bridgehead atoms. The Kier molecular flexibility index (Phi) is 6.47. The summed E-state index contributed by atoms with van der Waals surface area (Å²) in [6.45, 7) is 3.30. The van der Waals surface area contributed by atoms with Crippen LogP contribution >= 0.6 is 0 Å². The molecule has 2 aliphatic rings. The predicted molar refractivity (Wildman–Crippen MR) is 122 cm³/mol. The smallest absolute Gasteiger partial charge is 0.332 e. The highest BCUT2D eigenvalue weighted by Gasteiger charge is 2.39. The number of anilines is 2. The van der Waals surface area contributed by atoms with Crippen molar-refractivity contribution < 1.29 is 4.84 Å². The molecule has 0 saturated carbocycles. The van der Waals surface area contributed by atoms with Crippen molar-refractivity contribution in [3.63, 3.8) is 0 Å². The van der Waals surface area contributed by atoms with Crippen LogP contribution in [0.5, 0.6) is 0 Å². The fourth-order valence-electron chi connectivity index (χ4n) is 4.37. The van der Waals surface area contributed by atoms with Crippen LogP contribution in [0.2, 0.25) is 0 Å². The van der Waals surface area contributed by atoms with E-state index in [9.17, 15) is 14.9 Å². The van der Waals surface area contributed by atoms with Crippen molar-refractivity contribution in [2.75, 3.05) is 29.9 Å². The Balaban J connectivity index is 1.79. The van der Waals surface area contributed by atoms with E-state index in [1.165, 1.54) is 10.8 Å². The third kappa shape index (κ3) is 4.10. The van der Waals surface area contributed by atoms with E-state index in [2.05, 4.69) is 33.1 Å². The first-order valence-corrected chi connectivity index (χ1v) is 10.7. The molecule has 2 unspecified atom stereocenters. The van der Waals surface area contributed by atoms with Gasteiger partial charge in [0.15, 0.2) is 6.29 Å². The summed E-state index contributed by atoms with van der Waals surface area (Å²) in [6.07, 6.45) is 2.79. The molecule has 0 aromatic carbocycles. The predicted octanol–water partition coefficient (Wildman–Crippen LogP) is -0.245. The largest absolute Gasteiger partial charge is 0.337 e. The van der Waals surface area contributed by atoms with Gasteiger partial charge in [-0.05, 0) is 31.9 Å². The number of likely N-dealkylation sites (tertiary alicyclic amines) is 1. The molecule has 1 saturated heterocycles. The van der Waals surface area contributed by atoms with Gasteiger partial charge in [0.25, 0.3) is 5.56 Å². The maximum atomic E-state index is 13.6. The van der Waals surface area contributed by atoms with Gasteiger partial charge < -0.3 is 10.2 Å². The summed E-state index contributed by atoms with van der Waals surface area (Å²) >= 11 is 0. The first-order valence-electron chi connectivity index (χ1n) is 10.7. The topological polar surface area (TPSA) is 134 Å². The number of hydrogen-bond acceptors (Lipinski definition) is 9. The van der Waals surface area contributed by atoms with E-state index >= 15 is 0 Å². The third-order valence-electron chi connectivity index (χ3n) is 6.07. The van der Waals surface area contributed by atoms with Gasteiger partial charge in [-0.2, -0.15) is 5.26 Å². The second kappa shape index (κ2) is 9.46. The van der Waals surface area contributed by atoms with Crippen molar-refractivity contribution in [2.24, 2.45) is 12.9 Å². The lowest BCUT2D eigenvalue weighted by Gasteiger charge is -2.39. The van der Waals surface area contributed by atoms with Gasteiger partial charge in [0, 0.05) is 26.3 Å². The van der Waals surface area contributed by atoms with Gasteiger partial charge in [0.2, 0.25) is 0 Å². The van der Waals surface area contributed by atoms with Gasteiger partial charge >= 0.3 is 5.69 Å². The van der Waals surface area contributed by atoms with E-state index in [1.54, 1.807) is 26.1 Å². The molecule has 172 valence electrons. The summed E-state index contributed by atoms with van der Waals surface area (Å²) in [5.74, 6) is 11.8. The van der Waals surface area contributed by atoms with Crippen LogP contribution in [0.4, 0.5) is 11.5 Å². The molecule has 11 heteroatoms. The lowest BCUT2D eigenvalue weighted by Crippen LogP contribution is -2.55. The quantitative estimate of drug-likeness (QED) is 0.467. The van der Waals surface area contributed by atoms with Crippen LogP contribution in [-0.4, -0.2) is 51.0 Å². The van der Waals surface area contributed by atoms with Gasteiger partial charge in [-0.15, -0.1) is 5.92 Å². The number of rotatable bonds is 5. The van der Waals surface area contributed by atoms with Crippen LogP contribution in [0.3, 0.4) is 0 Å². The average Bonchev–Trinajstić information content (AvgIpc) is 3.24. The van der Waals surface area contributed by atoms with Crippen molar-refractivity contribution in [3.05, 3.63) is 50.4 Å². The lowest BCUT2D eigenvalue weighted by molar-refractivity contribution is -0.0102. The number of pyridine rings is 1. The molecule has 0 spiro atoms. The number of fused-ring (bicyclic) bond motifs is 1. The van der Waals surface area contributed by atoms with Gasteiger partial charge in [0.1, 0.15) is 17.6 Å². The van der Waals surface area contributed by atoms with E-state index < -0.39 is 11.2 Å². The number of piperidine rings is 1. The van der Waals surface area contributed by atoms with Crippen molar-refractivity contribution in [3.8, 4) is 17.9 Å². The Labute approximate surface area is 190 Å². The highest BCUT2D eigenvalue weighted by molar-refractivity contribution is 5.72.